The lowest BCUT2D eigenvalue weighted by Gasteiger charge is -2.39. The molecule has 41 heavy (non-hydrogen) atoms. The molecule has 0 saturated carbocycles. The van der Waals surface area contributed by atoms with Crippen molar-refractivity contribution >= 4 is 5.97 Å². The first-order chi connectivity index (χ1) is 19.9. The van der Waals surface area contributed by atoms with E-state index in [1.54, 1.807) is 0 Å². The van der Waals surface area contributed by atoms with Gasteiger partial charge in [0, 0.05) is 13.5 Å². The predicted molar refractivity (Wildman–Crippen MR) is 159 cm³/mol. The molecule has 6 atom stereocenters. The van der Waals surface area contributed by atoms with Gasteiger partial charge in [-0.2, -0.15) is 0 Å². The topological polar surface area (TPSA) is 135 Å². The molecule has 4 N–H and O–H groups in total. The molecule has 240 valence electrons. The van der Waals surface area contributed by atoms with E-state index in [2.05, 4.69) is 31.2 Å². The molecule has 0 aromatic carbocycles. The van der Waals surface area contributed by atoms with E-state index >= 15 is 0 Å². The monoisotopic (exact) mass is 586 g/mol. The number of hydrogen-bond acceptors (Lipinski definition) is 9. The highest BCUT2D eigenvalue weighted by molar-refractivity contribution is 5.66. The van der Waals surface area contributed by atoms with Gasteiger partial charge in [-0.1, -0.05) is 89.0 Å². The van der Waals surface area contributed by atoms with Crippen LogP contribution in [0.15, 0.2) is 24.3 Å². The SMILES string of the molecule is CCCCCC/C=C\C/C=C\CCCCCCCCCCOCC(COC1OC(CO)C(O)C(O)C1O)OC(C)=O. The van der Waals surface area contributed by atoms with Gasteiger partial charge in [-0.25, -0.2) is 0 Å². The van der Waals surface area contributed by atoms with Gasteiger partial charge in [0.05, 0.1) is 19.8 Å². The average molecular weight is 587 g/mol. The van der Waals surface area contributed by atoms with Crippen LogP contribution in [-0.4, -0.2) is 89.6 Å². The van der Waals surface area contributed by atoms with Crippen LogP contribution in [0.3, 0.4) is 0 Å². The Labute approximate surface area is 247 Å². The highest BCUT2D eigenvalue weighted by atomic mass is 16.7. The van der Waals surface area contributed by atoms with Crippen molar-refractivity contribution in [3.05, 3.63) is 24.3 Å². The summed E-state index contributed by atoms with van der Waals surface area (Å²) in [7, 11) is 0. The molecule has 0 aliphatic carbocycles. The van der Waals surface area contributed by atoms with Crippen molar-refractivity contribution in [3.63, 3.8) is 0 Å². The van der Waals surface area contributed by atoms with Crippen molar-refractivity contribution in [3.8, 4) is 0 Å². The average Bonchev–Trinajstić information content (AvgIpc) is 2.95. The van der Waals surface area contributed by atoms with Crippen molar-refractivity contribution in [2.75, 3.05) is 26.4 Å². The highest BCUT2D eigenvalue weighted by Gasteiger charge is 2.44. The molecule has 1 heterocycles. The van der Waals surface area contributed by atoms with E-state index in [1.807, 2.05) is 0 Å². The molecule has 9 heteroatoms. The number of aliphatic hydroxyl groups excluding tert-OH is 4. The summed E-state index contributed by atoms with van der Waals surface area (Å²) < 4.78 is 21.7. The normalized spacial score (nSPS) is 23.9. The Hall–Kier alpha value is -1.33. The lowest BCUT2D eigenvalue weighted by atomic mass is 9.99. The first kappa shape index (κ1) is 37.7. The Balaban J connectivity index is 2.03. The molecular formula is C32H58O9. The van der Waals surface area contributed by atoms with Crippen LogP contribution in [0.4, 0.5) is 0 Å². The van der Waals surface area contributed by atoms with Crippen molar-refractivity contribution in [2.45, 2.75) is 147 Å². The van der Waals surface area contributed by atoms with Crippen LogP contribution in [0.25, 0.3) is 0 Å². The summed E-state index contributed by atoms with van der Waals surface area (Å²) in [5.41, 5.74) is 0. The van der Waals surface area contributed by atoms with Crippen molar-refractivity contribution in [1.82, 2.24) is 0 Å². The summed E-state index contributed by atoms with van der Waals surface area (Å²) in [6.07, 6.45) is 19.9. The van der Waals surface area contributed by atoms with Gasteiger partial charge in [0.2, 0.25) is 0 Å². The van der Waals surface area contributed by atoms with E-state index < -0.39 is 49.4 Å². The third kappa shape index (κ3) is 18.7. The minimum absolute atomic E-state index is 0.126. The second-order valence-corrected chi connectivity index (χ2v) is 11.0. The molecule has 0 amide bonds. The van der Waals surface area contributed by atoms with Gasteiger partial charge in [0.25, 0.3) is 0 Å². The third-order valence-electron chi connectivity index (χ3n) is 7.17. The van der Waals surface area contributed by atoms with Crippen LogP contribution < -0.4 is 0 Å². The Morgan fingerprint density at radius 1 is 0.780 bits per heavy atom. The third-order valence-corrected chi connectivity index (χ3v) is 7.17. The largest absolute Gasteiger partial charge is 0.458 e. The minimum atomic E-state index is -1.53. The predicted octanol–water partition coefficient (Wildman–Crippen LogP) is 4.74. The van der Waals surface area contributed by atoms with Gasteiger partial charge < -0.3 is 39.4 Å². The second-order valence-electron chi connectivity index (χ2n) is 11.0. The van der Waals surface area contributed by atoms with E-state index in [9.17, 15) is 25.2 Å². The number of carbonyl (C=O) groups excluding carboxylic acids is 1. The summed E-state index contributed by atoms with van der Waals surface area (Å²) in [5.74, 6) is -0.493. The molecular weight excluding hydrogens is 528 g/mol. The fourth-order valence-corrected chi connectivity index (χ4v) is 4.70. The molecule has 1 aliphatic rings. The maximum Gasteiger partial charge on any atom is 0.303 e. The summed E-state index contributed by atoms with van der Waals surface area (Å²) >= 11 is 0. The van der Waals surface area contributed by atoms with Gasteiger partial charge in [-0.15, -0.1) is 0 Å². The van der Waals surface area contributed by atoms with E-state index in [-0.39, 0.29) is 13.2 Å². The lowest BCUT2D eigenvalue weighted by molar-refractivity contribution is -0.305. The molecule has 0 spiro atoms. The van der Waals surface area contributed by atoms with Crippen LogP contribution in [0.2, 0.25) is 0 Å². The molecule has 6 unspecified atom stereocenters. The Kier molecular flexibility index (Phi) is 23.2. The van der Waals surface area contributed by atoms with Crippen LogP contribution in [0, 0.1) is 0 Å². The molecule has 1 aliphatic heterocycles. The first-order valence-corrected chi connectivity index (χ1v) is 15.9. The number of aliphatic hydroxyl groups is 4. The van der Waals surface area contributed by atoms with Gasteiger partial charge in [0.1, 0.15) is 30.5 Å². The lowest BCUT2D eigenvalue weighted by Crippen LogP contribution is -2.59. The highest BCUT2D eigenvalue weighted by Crippen LogP contribution is 2.22. The zero-order chi connectivity index (χ0) is 30.1. The van der Waals surface area contributed by atoms with Crippen LogP contribution in [-0.2, 0) is 23.7 Å². The molecule has 0 radical (unpaired) electrons. The molecule has 0 bridgehead atoms. The minimum Gasteiger partial charge on any atom is -0.458 e. The van der Waals surface area contributed by atoms with Crippen LogP contribution >= 0.6 is 0 Å². The van der Waals surface area contributed by atoms with Crippen molar-refractivity contribution < 1.29 is 44.2 Å². The Morgan fingerprint density at radius 2 is 1.37 bits per heavy atom. The van der Waals surface area contributed by atoms with Gasteiger partial charge in [-0.05, 0) is 38.5 Å². The summed E-state index contributed by atoms with van der Waals surface area (Å²) in [4.78, 5) is 11.5. The summed E-state index contributed by atoms with van der Waals surface area (Å²) in [6.45, 7) is 3.52. The number of hydrogen-bond donors (Lipinski definition) is 4. The van der Waals surface area contributed by atoms with Crippen molar-refractivity contribution in [1.29, 1.82) is 0 Å². The molecule has 9 nitrogen and oxygen atoms in total. The molecule has 1 fully saturated rings. The number of ether oxygens (including phenoxy) is 4. The van der Waals surface area contributed by atoms with E-state index in [0.29, 0.717) is 6.61 Å². The van der Waals surface area contributed by atoms with Gasteiger partial charge in [-0.3, -0.25) is 4.79 Å². The summed E-state index contributed by atoms with van der Waals surface area (Å²) in [5, 5.41) is 39.1. The number of esters is 1. The van der Waals surface area contributed by atoms with Crippen LogP contribution in [0.5, 0.6) is 0 Å². The fourth-order valence-electron chi connectivity index (χ4n) is 4.70. The molecule has 0 aromatic heterocycles. The van der Waals surface area contributed by atoms with E-state index in [4.69, 9.17) is 18.9 Å². The maximum atomic E-state index is 11.5. The van der Waals surface area contributed by atoms with E-state index in [0.717, 1.165) is 19.3 Å². The Bertz CT molecular complexity index is 682. The fraction of sp³-hybridized carbons (Fsp3) is 0.844. The zero-order valence-electron chi connectivity index (χ0n) is 25.5. The number of allylic oxidation sites excluding steroid dienone is 4. The molecule has 1 saturated heterocycles. The quantitative estimate of drug-likeness (QED) is 0.0680. The standard InChI is InChI=1S/C32H58O9/c1-3-4-5-6-7-8-9-10-11-12-13-14-15-16-17-18-19-20-21-22-38-24-27(40-26(2)34)25-39-32-31(37)30(36)29(35)28(23-33)41-32/h8-9,11-12,27-33,35-37H,3-7,10,13-25H2,1-2H3/b9-8-,12-11-. The van der Waals surface area contributed by atoms with Gasteiger partial charge in [0.15, 0.2) is 6.29 Å². The number of rotatable bonds is 25. The van der Waals surface area contributed by atoms with Crippen LogP contribution in [0.1, 0.15) is 110 Å². The number of carbonyl (C=O) groups is 1. The Morgan fingerprint density at radius 3 is 1.95 bits per heavy atom. The second kappa shape index (κ2) is 25.2. The van der Waals surface area contributed by atoms with E-state index in [1.165, 1.54) is 84.0 Å². The molecule has 0 aromatic rings. The molecule has 1 rings (SSSR count). The van der Waals surface area contributed by atoms with Crippen molar-refractivity contribution in [2.24, 2.45) is 0 Å². The smallest absolute Gasteiger partial charge is 0.303 e. The first-order valence-electron chi connectivity index (χ1n) is 15.9. The number of unbranched alkanes of at least 4 members (excludes halogenated alkanes) is 12. The maximum absolute atomic E-state index is 11.5. The zero-order valence-corrected chi connectivity index (χ0v) is 25.5. The van der Waals surface area contributed by atoms with Gasteiger partial charge >= 0.3 is 5.97 Å². The summed E-state index contributed by atoms with van der Waals surface area (Å²) in [6, 6.07) is 0.